The number of carbonyl (C=O) groups excluding carboxylic acids is 3. The van der Waals surface area contributed by atoms with E-state index in [1.54, 1.807) is 24.3 Å². The highest BCUT2D eigenvalue weighted by Gasteiger charge is 2.49. The Bertz CT molecular complexity index is 575. The maximum Gasteiger partial charge on any atom is 0.270 e. The quantitative estimate of drug-likeness (QED) is 0.852. The number of rotatable bonds is 2. The Morgan fingerprint density at radius 2 is 1.57 bits per heavy atom. The van der Waals surface area contributed by atoms with Crippen molar-refractivity contribution in [3.63, 3.8) is 0 Å². The van der Waals surface area contributed by atoms with Gasteiger partial charge in [0.25, 0.3) is 17.7 Å². The van der Waals surface area contributed by atoms with Gasteiger partial charge in [-0.1, -0.05) is 24.4 Å². The number of imide groups is 1. The molecule has 21 heavy (non-hydrogen) atoms. The molecule has 1 heterocycles. The molecular weight excluding hydrogens is 292 g/mol. The zero-order valence-corrected chi connectivity index (χ0v) is 12.1. The Morgan fingerprint density at radius 1 is 1.05 bits per heavy atom. The maximum atomic E-state index is 12.2. The summed E-state index contributed by atoms with van der Waals surface area (Å²) in [5.41, 5.74) is 2.78. The van der Waals surface area contributed by atoms with Crippen molar-refractivity contribution >= 4 is 29.3 Å². The summed E-state index contributed by atoms with van der Waals surface area (Å²) in [6.45, 7) is 0. The van der Waals surface area contributed by atoms with E-state index in [9.17, 15) is 14.4 Å². The molecule has 1 N–H and O–H groups in total. The van der Waals surface area contributed by atoms with Crippen LogP contribution in [0.3, 0.4) is 0 Å². The highest BCUT2D eigenvalue weighted by atomic mass is 35.5. The first-order valence-electron chi connectivity index (χ1n) is 7.02. The number of hydrogen-bond acceptors (Lipinski definition) is 3. The number of amides is 3. The molecule has 6 heteroatoms. The number of nitrogens with zero attached hydrogens (tertiary/aromatic N) is 1. The average Bonchev–Trinajstić information content (AvgIpc) is 2.73. The van der Waals surface area contributed by atoms with Crippen LogP contribution in [-0.4, -0.2) is 22.7 Å². The Kier molecular flexibility index (Phi) is 3.68. The third-order valence-electron chi connectivity index (χ3n) is 4.16. The van der Waals surface area contributed by atoms with E-state index in [1.165, 1.54) is 0 Å². The van der Waals surface area contributed by atoms with Crippen LogP contribution in [0.1, 0.15) is 36.0 Å². The molecule has 110 valence electrons. The Balaban J connectivity index is 1.75. The van der Waals surface area contributed by atoms with Crippen LogP contribution in [0.2, 0.25) is 5.02 Å². The van der Waals surface area contributed by atoms with Gasteiger partial charge in [0.2, 0.25) is 0 Å². The summed E-state index contributed by atoms with van der Waals surface area (Å²) in [4.78, 5) is 36.6. The van der Waals surface area contributed by atoms with Crippen LogP contribution in [0.4, 0.5) is 0 Å². The first kappa shape index (κ1) is 14.1. The summed E-state index contributed by atoms with van der Waals surface area (Å²) in [6, 6.07) is 6.28. The first-order chi connectivity index (χ1) is 10.1. The van der Waals surface area contributed by atoms with Gasteiger partial charge in [0.15, 0.2) is 0 Å². The van der Waals surface area contributed by atoms with Crippen LogP contribution >= 0.6 is 11.6 Å². The lowest BCUT2D eigenvalue weighted by molar-refractivity contribution is -0.142. The maximum absolute atomic E-state index is 12.2. The molecule has 0 spiro atoms. The normalized spacial score (nSPS) is 24.9. The van der Waals surface area contributed by atoms with E-state index in [1.807, 2.05) is 0 Å². The second-order valence-corrected chi connectivity index (χ2v) is 5.89. The van der Waals surface area contributed by atoms with Crippen LogP contribution in [-0.2, 0) is 9.59 Å². The van der Waals surface area contributed by atoms with Gasteiger partial charge in [0, 0.05) is 10.6 Å². The van der Waals surface area contributed by atoms with Crippen molar-refractivity contribution < 1.29 is 14.4 Å². The summed E-state index contributed by atoms with van der Waals surface area (Å²) < 4.78 is 0. The molecule has 3 rings (SSSR count). The molecule has 0 radical (unpaired) electrons. The van der Waals surface area contributed by atoms with E-state index < -0.39 is 5.91 Å². The number of fused-ring (bicyclic) bond motifs is 1. The number of hydrazine groups is 1. The molecule has 0 aromatic heterocycles. The van der Waals surface area contributed by atoms with Crippen LogP contribution in [0.5, 0.6) is 0 Å². The van der Waals surface area contributed by atoms with Crippen molar-refractivity contribution in [2.45, 2.75) is 25.7 Å². The van der Waals surface area contributed by atoms with E-state index in [-0.39, 0.29) is 23.7 Å². The lowest BCUT2D eigenvalue weighted by Gasteiger charge is -2.19. The lowest BCUT2D eigenvalue weighted by Crippen LogP contribution is -2.46. The van der Waals surface area contributed by atoms with Crippen LogP contribution in [0, 0.1) is 11.8 Å². The minimum atomic E-state index is -0.480. The standard InChI is InChI=1S/C15H15ClN2O3/c16-10-7-5-9(6-8-10)13(19)17-18-14(20)11-3-1-2-4-12(11)15(18)21/h5-8,11-12H,1-4H2,(H,17,19)/t11-,12+. The molecule has 2 fully saturated rings. The van der Waals surface area contributed by atoms with Gasteiger partial charge < -0.3 is 0 Å². The van der Waals surface area contributed by atoms with Crippen molar-refractivity contribution in [3.05, 3.63) is 34.9 Å². The van der Waals surface area contributed by atoms with Crippen molar-refractivity contribution in [2.75, 3.05) is 0 Å². The van der Waals surface area contributed by atoms with Gasteiger partial charge in [-0.3, -0.25) is 19.8 Å². The summed E-state index contributed by atoms with van der Waals surface area (Å²) in [5, 5.41) is 1.42. The minimum Gasteiger partial charge on any atom is -0.272 e. The highest BCUT2D eigenvalue weighted by molar-refractivity contribution is 6.30. The van der Waals surface area contributed by atoms with E-state index in [0.717, 1.165) is 30.7 Å². The van der Waals surface area contributed by atoms with Gasteiger partial charge >= 0.3 is 0 Å². The van der Waals surface area contributed by atoms with Crippen molar-refractivity contribution in [1.82, 2.24) is 10.4 Å². The molecule has 1 aromatic rings. The van der Waals surface area contributed by atoms with E-state index >= 15 is 0 Å². The molecule has 1 saturated heterocycles. The number of benzene rings is 1. The summed E-state index contributed by atoms with van der Waals surface area (Å²) in [6.07, 6.45) is 3.36. The number of carbonyl (C=O) groups is 3. The molecule has 3 amide bonds. The topological polar surface area (TPSA) is 66.5 Å². The van der Waals surface area contributed by atoms with Crippen LogP contribution < -0.4 is 5.43 Å². The zero-order valence-electron chi connectivity index (χ0n) is 11.3. The fourth-order valence-electron chi connectivity index (χ4n) is 3.04. The molecule has 1 aliphatic carbocycles. The Labute approximate surface area is 127 Å². The SMILES string of the molecule is O=C(NN1C(=O)[C@H]2CCCC[C@H]2C1=O)c1ccc(Cl)cc1. The Morgan fingerprint density at radius 3 is 2.10 bits per heavy atom. The third-order valence-corrected chi connectivity index (χ3v) is 4.41. The van der Waals surface area contributed by atoms with Crippen LogP contribution in [0.15, 0.2) is 24.3 Å². The number of nitrogens with one attached hydrogen (secondary N) is 1. The summed E-state index contributed by atoms with van der Waals surface area (Å²) >= 11 is 5.77. The lowest BCUT2D eigenvalue weighted by atomic mass is 9.81. The van der Waals surface area contributed by atoms with E-state index in [2.05, 4.69) is 5.43 Å². The highest BCUT2D eigenvalue weighted by Crippen LogP contribution is 2.37. The number of hydrogen-bond donors (Lipinski definition) is 1. The molecule has 1 saturated carbocycles. The molecule has 0 bridgehead atoms. The molecule has 0 unspecified atom stereocenters. The van der Waals surface area contributed by atoms with Gasteiger partial charge in [0.1, 0.15) is 0 Å². The second-order valence-electron chi connectivity index (χ2n) is 5.46. The van der Waals surface area contributed by atoms with Gasteiger partial charge in [-0.05, 0) is 37.1 Å². The van der Waals surface area contributed by atoms with Crippen molar-refractivity contribution in [1.29, 1.82) is 0 Å². The van der Waals surface area contributed by atoms with Gasteiger partial charge in [-0.25, -0.2) is 0 Å². The van der Waals surface area contributed by atoms with E-state index in [0.29, 0.717) is 10.6 Å². The molecule has 1 aromatic carbocycles. The smallest absolute Gasteiger partial charge is 0.270 e. The van der Waals surface area contributed by atoms with E-state index in [4.69, 9.17) is 11.6 Å². The summed E-state index contributed by atoms with van der Waals surface area (Å²) in [5.74, 6) is -1.58. The second kappa shape index (κ2) is 5.48. The third kappa shape index (κ3) is 2.53. The fourth-order valence-corrected chi connectivity index (χ4v) is 3.17. The molecule has 5 nitrogen and oxygen atoms in total. The van der Waals surface area contributed by atoms with Gasteiger partial charge in [-0.15, -0.1) is 0 Å². The monoisotopic (exact) mass is 306 g/mol. The van der Waals surface area contributed by atoms with Crippen LogP contribution in [0.25, 0.3) is 0 Å². The minimum absolute atomic E-state index is 0.267. The number of halogens is 1. The predicted molar refractivity (Wildman–Crippen MR) is 76.2 cm³/mol. The largest absolute Gasteiger partial charge is 0.272 e. The van der Waals surface area contributed by atoms with Gasteiger partial charge in [-0.2, -0.15) is 5.01 Å². The predicted octanol–water partition coefficient (Wildman–Crippen LogP) is 2.16. The van der Waals surface area contributed by atoms with Crippen molar-refractivity contribution in [3.8, 4) is 0 Å². The molecule has 2 aliphatic rings. The zero-order chi connectivity index (χ0) is 15.0. The average molecular weight is 307 g/mol. The van der Waals surface area contributed by atoms with Crippen molar-refractivity contribution in [2.24, 2.45) is 11.8 Å². The molecular formula is C15H15ClN2O3. The molecule has 1 aliphatic heterocycles. The molecule has 2 atom stereocenters. The summed E-state index contributed by atoms with van der Waals surface area (Å²) in [7, 11) is 0. The Hall–Kier alpha value is -1.88. The fraction of sp³-hybridized carbons (Fsp3) is 0.400. The van der Waals surface area contributed by atoms with Gasteiger partial charge in [0.05, 0.1) is 11.8 Å². The first-order valence-corrected chi connectivity index (χ1v) is 7.40.